The van der Waals surface area contributed by atoms with Gasteiger partial charge in [-0.3, -0.25) is 9.97 Å². The molecule has 0 fully saturated rings. The first-order valence-corrected chi connectivity index (χ1v) is 5.37. The van der Waals surface area contributed by atoms with Gasteiger partial charge in [0.15, 0.2) is 11.6 Å². The summed E-state index contributed by atoms with van der Waals surface area (Å²) in [7, 11) is 0. The fourth-order valence-electron chi connectivity index (χ4n) is 1.69. The van der Waals surface area contributed by atoms with Crippen molar-refractivity contribution in [2.24, 2.45) is 0 Å². The van der Waals surface area contributed by atoms with Crippen molar-refractivity contribution in [2.75, 3.05) is 5.84 Å². The Kier molecular flexibility index (Phi) is 2.45. The molecule has 0 aliphatic rings. The minimum absolute atomic E-state index is 0.601. The summed E-state index contributed by atoms with van der Waals surface area (Å²) >= 11 is 0. The first-order valence-electron chi connectivity index (χ1n) is 5.37. The van der Waals surface area contributed by atoms with Gasteiger partial charge in [-0.15, -0.1) is 10.2 Å². The molecule has 0 saturated carbocycles. The highest BCUT2D eigenvalue weighted by Crippen LogP contribution is 2.20. The van der Waals surface area contributed by atoms with E-state index in [2.05, 4.69) is 20.2 Å². The normalized spacial score (nSPS) is 10.4. The van der Waals surface area contributed by atoms with Crippen LogP contribution in [0.3, 0.4) is 0 Å². The van der Waals surface area contributed by atoms with E-state index in [4.69, 9.17) is 5.84 Å². The third-order valence-corrected chi connectivity index (χ3v) is 2.57. The summed E-state index contributed by atoms with van der Waals surface area (Å²) in [6.07, 6.45) is 6.76. The van der Waals surface area contributed by atoms with Gasteiger partial charge in [-0.1, -0.05) is 0 Å². The van der Waals surface area contributed by atoms with Gasteiger partial charge in [0.1, 0.15) is 0 Å². The second kappa shape index (κ2) is 4.25. The summed E-state index contributed by atoms with van der Waals surface area (Å²) in [5.41, 5.74) is 1.75. The van der Waals surface area contributed by atoms with E-state index in [1.165, 1.54) is 4.68 Å². The van der Waals surface area contributed by atoms with Crippen LogP contribution in [0.2, 0.25) is 0 Å². The fraction of sp³-hybridized carbons (Fsp3) is 0. The highest BCUT2D eigenvalue weighted by atomic mass is 15.4. The Hall–Kier alpha value is -2.76. The maximum absolute atomic E-state index is 6.02. The maximum Gasteiger partial charge on any atom is 0.182 e. The van der Waals surface area contributed by atoms with E-state index in [-0.39, 0.29) is 0 Å². The zero-order valence-corrected chi connectivity index (χ0v) is 9.43. The molecular weight excluding hydrogens is 228 g/mol. The Morgan fingerprint density at radius 3 is 1.50 bits per heavy atom. The van der Waals surface area contributed by atoms with Gasteiger partial charge in [-0.25, -0.2) is 4.68 Å². The zero-order valence-electron chi connectivity index (χ0n) is 9.43. The number of pyridine rings is 2. The van der Waals surface area contributed by atoms with Gasteiger partial charge in [-0.05, 0) is 24.3 Å². The SMILES string of the molecule is Nn1c(-c2ccncc2)nnc1-c1ccncc1. The van der Waals surface area contributed by atoms with Gasteiger partial charge < -0.3 is 5.84 Å². The van der Waals surface area contributed by atoms with Gasteiger partial charge in [0.05, 0.1) is 0 Å². The quantitative estimate of drug-likeness (QED) is 0.676. The molecule has 3 aromatic rings. The lowest BCUT2D eigenvalue weighted by atomic mass is 10.2. The van der Waals surface area contributed by atoms with Crippen LogP contribution in [0.4, 0.5) is 0 Å². The maximum atomic E-state index is 6.02. The van der Waals surface area contributed by atoms with Gasteiger partial charge >= 0.3 is 0 Å². The lowest BCUT2D eigenvalue weighted by molar-refractivity contribution is 1.01. The first-order chi connectivity index (χ1) is 8.86. The molecule has 0 saturated heterocycles. The van der Waals surface area contributed by atoms with Gasteiger partial charge in [0.2, 0.25) is 0 Å². The predicted octanol–water partition coefficient (Wildman–Crippen LogP) is 1.12. The van der Waals surface area contributed by atoms with Crippen molar-refractivity contribution >= 4 is 0 Å². The number of nitrogens with zero attached hydrogens (tertiary/aromatic N) is 5. The summed E-state index contributed by atoms with van der Waals surface area (Å²) in [4.78, 5) is 7.92. The number of rotatable bonds is 2. The molecule has 6 heteroatoms. The molecule has 2 N–H and O–H groups in total. The molecule has 0 amide bonds. The molecule has 0 radical (unpaired) electrons. The van der Waals surface area contributed by atoms with Crippen LogP contribution in [0.1, 0.15) is 0 Å². The van der Waals surface area contributed by atoms with E-state index in [0.717, 1.165) is 11.1 Å². The minimum Gasteiger partial charge on any atom is -0.336 e. The first kappa shape index (κ1) is 10.4. The third kappa shape index (κ3) is 1.69. The van der Waals surface area contributed by atoms with Crippen LogP contribution in [0.15, 0.2) is 49.1 Å². The van der Waals surface area contributed by atoms with Crippen LogP contribution >= 0.6 is 0 Å². The number of aromatic nitrogens is 5. The molecule has 0 bridgehead atoms. The average molecular weight is 238 g/mol. The summed E-state index contributed by atoms with van der Waals surface area (Å²) in [5.74, 6) is 7.22. The molecule has 3 aromatic heterocycles. The Bertz CT molecular complexity index is 590. The summed E-state index contributed by atoms with van der Waals surface area (Å²) in [6, 6.07) is 7.35. The van der Waals surface area contributed by atoms with Crippen molar-refractivity contribution in [3.8, 4) is 22.8 Å². The Morgan fingerprint density at radius 1 is 0.722 bits per heavy atom. The summed E-state index contributed by atoms with van der Waals surface area (Å²) < 4.78 is 1.46. The van der Waals surface area contributed by atoms with Crippen LogP contribution in [0.25, 0.3) is 22.8 Å². The standard InChI is InChI=1S/C12H10N6/c13-18-11(9-1-5-14-6-2-9)16-17-12(18)10-3-7-15-8-4-10/h1-8H,13H2. The molecule has 3 heterocycles. The largest absolute Gasteiger partial charge is 0.336 e. The predicted molar refractivity (Wildman–Crippen MR) is 66.6 cm³/mol. The molecule has 0 spiro atoms. The molecule has 3 rings (SSSR count). The highest BCUT2D eigenvalue weighted by molar-refractivity contribution is 5.61. The third-order valence-electron chi connectivity index (χ3n) is 2.57. The number of hydrogen-bond acceptors (Lipinski definition) is 5. The van der Waals surface area contributed by atoms with Crippen LogP contribution in [-0.4, -0.2) is 24.8 Å². The number of nitrogens with two attached hydrogens (primary N) is 1. The highest BCUT2D eigenvalue weighted by Gasteiger charge is 2.12. The van der Waals surface area contributed by atoms with Gasteiger partial charge in [0.25, 0.3) is 0 Å². The van der Waals surface area contributed by atoms with E-state index in [1.54, 1.807) is 24.8 Å². The van der Waals surface area contributed by atoms with E-state index in [0.29, 0.717) is 11.6 Å². The van der Waals surface area contributed by atoms with E-state index >= 15 is 0 Å². The van der Waals surface area contributed by atoms with Crippen molar-refractivity contribution in [1.82, 2.24) is 24.8 Å². The number of hydrogen-bond donors (Lipinski definition) is 1. The second-order valence-corrected chi connectivity index (χ2v) is 3.69. The van der Waals surface area contributed by atoms with Crippen LogP contribution in [-0.2, 0) is 0 Å². The van der Waals surface area contributed by atoms with Crippen molar-refractivity contribution in [2.45, 2.75) is 0 Å². The molecule has 88 valence electrons. The zero-order chi connectivity index (χ0) is 12.4. The van der Waals surface area contributed by atoms with Crippen molar-refractivity contribution in [3.05, 3.63) is 49.1 Å². The van der Waals surface area contributed by atoms with Crippen molar-refractivity contribution in [3.63, 3.8) is 0 Å². The Labute approximate surface area is 103 Å². The van der Waals surface area contributed by atoms with E-state index in [9.17, 15) is 0 Å². The molecule has 6 nitrogen and oxygen atoms in total. The van der Waals surface area contributed by atoms with Crippen LogP contribution < -0.4 is 5.84 Å². The molecule has 0 unspecified atom stereocenters. The van der Waals surface area contributed by atoms with E-state index < -0.39 is 0 Å². The summed E-state index contributed by atoms with van der Waals surface area (Å²) in [5, 5.41) is 8.20. The lowest BCUT2D eigenvalue weighted by Crippen LogP contribution is -2.11. The molecular formula is C12H10N6. The molecule has 0 atom stereocenters. The topological polar surface area (TPSA) is 82.5 Å². The van der Waals surface area contributed by atoms with Crippen LogP contribution in [0.5, 0.6) is 0 Å². The smallest absolute Gasteiger partial charge is 0.182 e. The van der Waals surface area contributed by atoms with Gasteiger partial charge in [-0.2, -0.15) is 0 Å². The summed E-state index contributed by atoms with van der Waals surface area (Å²) in [6.45, 7) is 0. The Balaban J connectivity index is 2.09. The number of nitrogen functional groups attached to an aromatic ring is 1. The molecule has 0 aliphatic carbocycles. The molecule has 0 aromatic carbocycles. The average Bonchev–Trinajstić information content (AvgIpc) is 2.83. The second-order valence-electron chi connectivity index (χ2n) is 3.69. The van der Waals surface area contributed by atoms with Crippen molar-refractivity contribution < 1.29 is 0 Å². The fourth-order valence-corrected chi connectivity index (χ4v) is 1.69. The van der Waals surface area contributed by atoms with Crippen molar-refractivity contribution in [1.29, 1.82) is 0 Å². The minimum atomic E-state index is 0.601. The van der Waals surface area contributed by atoms with E-state index in [1.807, 2.05) is 24.3 Å². The van der Waals surface area contributed by atoms with Gasteiger partial charge in [0, 0.05) is 35.9 Å². The monoisotopic (exact) mass is 238 g/mol. The lowest BCUT2D eigenvalue weighted by Gasteiger charge is -2.03. The Morgan fingerprint density at radius 2 is 1.11 bits per heavy atom. The molecule has 0 aliphatic heterocycles. The van der Waals surface area contributed by atoms with Crippen LogP contribution in [0, 0.1) is 0 Å². The molecule has 18 heavy (non-hydrogen) atoms.